The number of thiocarbonyl (C=S) groups is 1. The number of aryl methyl sites for hydroxylation is 1. The van der Waals surface area contributed by atoms with E-state index in [1.807, 2.05) is 18.3 Å². The van der Waals surface area contributed by atoms with Gasteiger partial charge in [0.25, 0.3) is 0 Å². The van der Waals surface area contributed by atoms with Crippen molar-refractivity contribution in [2.45, 2.75) is 60.7 Å². The van der Waals surface area contributed by atoms with Crippen LogP contribution >= 0.6 is 24.0 Å². The fourth-order valence-corrected chi connectivity index (χ4v) is 5.68. The number of hydrogen-bond acceptors (Lipinski definition) is 4. The van der Waals surface area contributed by atoms with Crippen LogP contribution in [0, 0.1) is 6.92 Å². The molecule has 3 aromatic rings. The Bertz CT molecular complexity index is 1010. The Hall–Kier alpha value is -2.31. The molecule has 1 N–H and O–H groups in total. The molecule has 2 aromatic heterocycles. The zero-order chi connectivity index (χ0) is 20.5. The molecular weight excluding hydrogens is 410 g/mol. The van der Waals surface area contributed by atoms with Crippen molar-refractivity contribution < 1.29 is 4.42 Å². The van der Waals surface area contributed by atoms with Gasteiger partial charge >= 0.3 is 0 Å². The smallest absolute Gasteiger partial charge is 0.170 e. The van der Waals surface area contributed by atoms with Crippen LogP contribution in [0.4, 0.5) is 0 Å². The number of pyridine rings is 1. The molecule has 1 aliphatic heterocycles. The van der Waals surface area contributed by atoms with Crippen molar-refractivity contribution in [3.8, 4) is 0 Å². The Balaban J connectivity index is 1.47. The average Bonchev–Trinajstić information content (AvgIpc) is 3.50. The molecule has 154 valence electrons. The van der Waals surface area contributed by atoms with Crippen molar-refractivity contribution in [2.75, 3.05) is 0 Å². The van der Waals surface area contributed by atoms with E-state index < -0.39 is 0 Å². The highest BCUT2D eigenvalue weighted by molar-refractivity contribution is 7.99. The van der Waals surface area contributed by atoms with Gasteiger partial charge in [0.1, 0.15) is 11.8 Å². The fourth-order valence-electron chi connectivity index (χ4n) is 4.52. The maximum atomic E-state index is 6.39. The number of hydrogen-bond donors (Lipinski definition) is 1. The van der Waals surface area contributed by atoms with E-state index in [0.717, 1.165) is 21.7 Å². The lowest BCUT2D eigenvalue weighted by molar-refractivity contribution is 0.210. The third kappa shape index (κ3) is 3.86. The Labute approximate surface area is 187 Å². The van der Waals surface area contributed by atoms with Gasteiger partial charge in [0, 0.05) is 17.1 Å². The van der Waals surface area contributed by atoms with Gasteiger partial charge < -0.3 is 14.6 Å². The molecule has 2 fully saturated rings. The predicted octanol–water partition coefficient (Wildman–Crippen LogP) is 6.05. The highest BCUT2D eigenvalue weighted by atomic mass is 32.2. The monoisotopic (exact) mass is 435 g/mol. The van der Waals surface area contributed by atoms with Crippen molar-refractivity contribution in [3.63, 3.8) is 0 Å². The first-order chi connectivity index (χ1) is 14.7. The molecule has 1 aliphatic carbocycles. The Morgan fingerprint density at radius 1 is 1.07 bits per heavy atom. The first-order valence-electron chi connectivity index (χ1n) is 10.5. The molecule has 0 unspecified atom stereocenters. The number of furan rings is 1. The summed E-state index contributed by atoms with van der Waals surface area (Å²) < 4.78 is 6.39. The number of rotatable bonds is 5. The van der Waals surface area contributed by atoms with E-state index in [0.29, 0.717) is 6.04 Å². The molecule has 0 amide bonds. The minimum atomic E-state index is -0.0114. The van der Waals surface area contributed by atoms with Gasteiger partial charge in [-0.05, 0) is 68.4 Å². The molecule has 2 aliphatic rings. The summed E-state index contributed by atoms with van der Waals surface area (Å²) in [5, 5.41) is 5.25. The molecule has 0 spiro atoms. The third-order valence-corrected chi connectivity index (χ3v) is 7.24. The van der Waals surface area contributed by atoms with Crippen LogP contribution in [-0.2, 0) is 0 Å². The highest BCUT2D eigenvalue weighted by Crippen LogP contribution is 2.44. The predicted molar refractivity (Wildman–Crippen MR) is 124 cm³/mol. The van der Waals surface area contributed by atoms with Crippen molar-refractivity contribution >= 4 is 29.1 Å². The molecule has 1 saturated heterocycles. The fraction of sp³-hybridized carbons (Fsp3) is 0.333. The van der Waals surface area contributed by atoms with E-state index in [-0.39, 0.29) is 12.1 Å². The van der Waals surface area contributed by atoms with Gasteiger partial charge in [-0.3, -0.25) is 4.98 Å². The largest absolute Gasteiger partial charge is 0.452 e. The van der Waals surface area contributed by atoms with Crippen LogP contribution in [0.15, 0.2) is 75.2 Å². The van der Waals surface area contributed by atoms with Gasteiger partial charge in [-0.15, -0.1) is 0 Å². The quantitative estimate of drug-likeness (QED) is 0.492. The Morgan fingerprint density at radius 2 is 1.87 bits per heavy atom. The summed E-state index contributed by atoms with van der Waals surface area (Å²) in [5.74, 6) is 0.944. The molecule has 2 atom stereocenters. The first kappa shape index (κ1) is 19.6. The van der Waals surface area contributed by atoms with E-state index in [1.165, 1.54) is 36.1 Å². The lowest BCUT2D eigenvalue weighted by Crippen LogP contribution is -2.37. The maximum Gasteiger partial charge on any atom is 0.170 e. The van der Waals surface area contributed by atoms with Gasteiger partial charge in [0.2, 0.25) is 0 Å². The van der Waals surface area contributed by atoms with Crippen LogP contribution in [-0.4, -0.2) is 21.0 Å². The summed E-state index contributed by atoms with van der Waals surface area (Å²) in [7, 11) is 0. The van der Waals surface area contributed by atoms with E-state index >= 15 is 0 Å². The standard InChI is InChI=1S/C24H25N3OS2/c1-16-9-11-18(12-10-16)30-21-14-13-20(28-21)23-22(19-8-4-5-15-25-19)26-24(29)27(23)17-6-2-3-7-17/h4-5,8-15,17,22-23H,2-3,6-7H2,1H3,(H,26,29)/t22-,23-/m1/s1. The van der Waals surface area contributed by atoms with Crippen molar-refractivity contribution in [2.24, 2.45) is 0 Å². The van der Waals surface area contributed by atoms with E-state index in [1.54, 1.807) is 11.8 Å². The van der Waals surface area contributed by atoms with Gasteiger partial charge in [-0.2, -0.15) is 0 Å². The molecule has 4 nitrogen and oxygen atoms in total. The lowest BCUT2D eigenvalue weighted by atomic mass is 10.0. The van der Waals surface area contributed by atoms with Crippen molar-refractivity contribution in [1.82, 2.24) is 15.2 Å². The van der Waals surface area contributed by atoms with Crippen LogP contribution in [0.2, 0.25) is 0 Å². The van der Waals surface area contributed by atoms with Crippen LogP contribution in [0.1, 0.15) is 54.8 Å². The zero-order valence-corrected chi connectivity index (χ0v) is 18.6. The van der Waals surface area contributed by atoms with E-state index in [9.17, 15) is 0 Å². The summed E-state index contributed by atoms with van der Waals surface area (Å²) in [6.45, 7) is 2.10. The number of nitrogens with one attached hydrogen (secondary N) is 1. The van der Waals surface area contributed by atoms with E-state index in [2.05, 4.69) is 64.6 Å². The normalized spacial score (nSPS) is 21.9. The molecule has 0 bridgehead atoms. The van der Waals surface area contributed by atoms with Crippen LogP contribution in [0.5, 0.6) is 0 Å². The minimum Gasteiger partial charge on any atom is -0.452 e. The first-order valence-corrected chi connectivity index (χ1v) is 11.8. The summed E-state index contributed by atoms with van der Waals surface area (Å²) in [5.41, 5.74) is 2.25. The second kappa shape index (κ2) is 8.44. The van der Waals surface area contributed by atoms with Crippen LogP contribution in [0.25, 0.3) is 0 Å². The molecule has 3 heterocycles. The molecule has 1 aromatic carbocycles. The maximum absolute atomic E-state index is 6.39. The van der Waals surface area contributed by atoms with Gasteiger partial charge in [0.05, 0.1) is 11.7 Å². The minimum absolute atomic E-state index is 0.0114. The SMILES string of the molecule is Cc1ccc(Sc2ccc([C@@H]3[C@@H](c4ccccn4)NC(=S)N3C3CCCC3)o2)cc1. The molecule has 1 saturated carbocycles. The summed E-state index contributed by atoms with van der Waals surface area (Å²) in [6.07, 6.45) is 6.73. The average molecular weight is 436 g/mol. The van der Waals surface area contributed by atoms with Gasteiger partial charge in [-0.1, -0.05) is 48.4 Å². The summed E-state index contributed by atoms with van der Waals surface area (Å²) >= 11 is 7.45. The Morgan fingerprint density at radius 3 is 2.60 bits per heavy atom. The third-order valence-electron chi connectivity index (χ3n) is 5.99. The van der Waals surface area contributed by atoms with Crippen LogP contribution < -0.4 is 5.32 Å². The molecule has 5 rings (SSSR count). The molecule has 0 radical (unpaired) electrons. The number of nitrogens with zero attached hydrogens (tertiary/aromatic N) is 2. The Kier molecular flexibility index (Phi) is 5.52. The second-order valence-electron chi connectivity index (χ2n) is 8.04. The van der Waals surface area contributed by atoms with E-state index in [4.69, 9.17) is 16.6 Å². The van der Waals surface area contributed by atoms with Gasteiger partial charge in [0.15, 0.2) is 10.2 Å². The molecule has 6 heteroatoms. The highest BCUT2D eigenvalue weighted by Gasteiger charge is 2.45. The van der Waals surface area contributed by atoms with Crippen molar-refractivity contribution in [1.29, 1.82) is 0 Å². The zero-order valence-electron chi connectivity index (χ0n) is 17.0. The summed E-state index contributed by atoms with van der Waals surface area (Å²) in [6, 6.07) is 19.2. The number of aromatic nitrogens is 1. The lowest BCUT2D eigenvalue weighted by Gasteiger charge is -2.31. The van der Waals surface area contributed by atoms with Gasteiger partial charge in [-0.25, -0.2) is 0 Å². The van der Waals surface area contributed by atoms with Crippen molar-refractivity contribution in [3.05, 3.63) is 77.8 Å². The number of benzene rings is 1. The topological polar surface area (TPSA) is 41.3 Å². The van der Waals surface area contributed by atoms with Crippen LogP contribution in [0.3, 0.4) is 0 Å². The molecular formula is C24H25N3OS2. The molecule has 30 heavy (non-hydrogen) atoms. The summed E-state index contributed by atoms with van der Waals surface area (Å²) in [4.78, 5) is 8.17. The second-order valence-corrected chi connectivity index (χ2v) is 9.51.